The number of aryl methyl sites for hydroxylation is 2. The van der Waals surface area contributed by atoms with Crippen molar-refractivity contribution < 1.29 is 27.2 Å². The Balaban J connectivity index is 1.41. The van der Waals surface area contributed by atoms with E-state index in [0.717, 1.165) is 11.3 Å². The van der Waals surface area contributed by atoms with Gasteiger partial charge in [-0.15, -0.1) is 0 Å². The van der Waals surface area contributed by atoms with Crippen molar-refractivity contribution in [2.75, 3.05) is 0 Å². The smallest absolute Gasteiger partial charge is 0.385 e. The fourth-order valence-corrected chi connectivity index (χ4v) is 4.20. The Kier molecular flexibility index (Phi) is 7.19. The number of aromatic nitrogens is 3. The van der Waals surface area contributed by atoms with Crippen molar-refractivity contribution in [1.82, 2.24) is 15.0 Å². The Morgan fingerprint density at radius 2 is 1.82 bits per heavy atom. The van der Waals surface area contributed by atoms with Crippen molar-refractivity contribution in [3.63, 3.8) is 0 Å². The van der Waals surface area contributed by atoms with Crippen molar-refractivity contribution in [1.29, 1.82) is 0 Å². The van der Waals surface area contributed by atoms with Gasteiger partial charge in [-0.25, -0.2) is 4.39 Å². The van der Waals surface area contributed by atoms with Gasteiger partial charge >= 0.3 is 6.18 Å². The van der Waals surface area contributed by atoms with Gasteiger partial charge in [0.25, 0.3) is 0 Å². The number of nitrogens with zero attached hydrogens (tertiary/aromatic N) is 4. The number of pyridine rings is 3. The summed E-state index contributed by atoms with van der Waals surface area (Å²) in [5.74, 6) is -1.43. The highest BCUT2D eigenvalue weighted by Crippen LogP contribution is 2.32. The molecule has 39 heavy (non-hydrogen) atoms. The minimum atomic E-state index is -4.70. The molecule has 5 rings (SSSR count). The second-order valence-corrected chi connectivity index (χ2v) is 9.18. The number of hydrogen-bond acceptors (Lipinski definition) is 6. The van der Waals surface area contributed by atoms with E-state index in [4.69, 9.17) is 4.84 Å². The molecule has 0 bridgehead atoms. The first-order valence-electron chi connectivity index (χ1n) is 12.1. The monoisotopic (exact) mass is 534 g/mol. The second-order valence-electron chi connectivity index (χ2n) is 9.18. The van der Waals surface area contributed by atoms with E-state index in [1.165, 1.54) is 0 Å². The molecule has 1 aromatic carbocycles. The van der Waals surface area contributed by atoms with Crippen molar-refractivity contribution in [2.24, 2.45) is 5.16 Å². The van der Waals surface area contributed by atoms with Crippen LogP contribution in [0, 0.1) is 12.7 Å². The molecule has 0 N–H and O–H groups in total. The SMILES string of the molecule is Cc1ccc(-c2cc(C(=O)CCc3ncc(C(F)(F)F)cc3F)cc(C3=NO[C@H](c4ccccn4)C3)c2)nc1. The number of halogens is 4. The maximum absolute atomic E-state index is 14.3. The Morgan fingerprint density at radius 1 is 1.00 bits per heavy atom. The molecule has 10 heteroatoms. The third-order valence-corrected chi connectivity index (χ3v) is 6.32. The van der Waals surface area contributed by atoms with E-state index >= 15 is 0 Å². The fourth-order valence-electron chi connectivity index (χ4n) is 4.20. The highest BCUT2D eigenvalue weighted by atomic mass is 19.4. The van der Waals surface area contributed by atoms with Crippen LogP contribution >= 0.6 is 0 Å². The quantitative estimate of drug-likeness (QED) is 0.195. The molecule has 0 saturated carbocycles. The summed E-state index contributed by atoms with van der Waals surface area (Å²) in [5.41, 5.74) is 3.27. The molecule has 1 atom stereocenters. The number of ketones is 1. The lowest BCUT2D eigenvalue weighted by Gasteiger charge is -2.11. The standard InChI is InChI=1S/C29H22F4N4O2/c1-17-5-6-23(35-15-17)18-10-19(26-14-28(39-37-26)25-4-2-3-9-34-25)12-20(11-18)27(38)8-7-24-22(30)13-21(16-36-24)29(31,32)33/h2-6,9-13,15-16,28H,7-8,14H2,1H3/t28-/m0/s1. The summed E-state index contributed by atoms with van der Waals surface area (Å²) in [7, 11) is 0. The van der Waals surface area contributed by atoms with Crippen LogP contribution in [-0.2, 0) is 17.4 Å². The van der Waals surface area contributed by atoms with Gasteiger partial charge in [0, 0.05) is 48.1 Å². The molecule has 6 nitrogen and oxygen atoms in total. The number of oxime groups is 1. The van der Waals surface area contributed by atoms with Gasteiger partial charge in [-0.3, -0.25) is 19.7 Å². The average Bonchev–Trinajstić information content (AvgIpc) is 3.43. The van der Waals surface area contributed by atoms with Gasteiger partial charge in [0.2, 0.25) is 0 Å². The zero-order chi connectivity index (χ0) is 27.6. The number of rotatable bonds is 7. The fraction of sp³-hybridized carbons (Fsp3) is 0.207. The second kappa shape index (κ2) is 10.7. The number of alkyl halides is 3. The summed E-state index contributed by atoms with van der Waals surface area (Å²) in [4.78, 5) is 31.2. The van der Waals surface area contributed by atoms with E-state index in [1.807, 2.05) is 43.3 Å². The van der Waals surface area contributed by atoms with Crippen LogP contribution in [0.5, 0.6) is 0 Å². The third-order valence-electron chi connectivity index (χ3n) is 6.32. The summed E-state index contributed by atoms with van der Waals surface area (Å²) in [6.45, 7) is 1.92. The molecule has 0 unspecified atom stereocenters. The predicted molar refractivity (Wildman–Crippen MR) is 135 cm³/mol. The van der Waals surface area contributed by atoms with Gasteiger partial charge in [-0.2, -0.15) is 13.2 Å². The van der Waals surface area contributed by atoms with Crippen LogP contribution in [0.15, 0.2) is 78.3 Å². The number of carbonyl (C=O) groups is 1. The average molecular weight is 535 g/mol. The number of benzene rings is 1. The minimum absolute atomic E-state index is 0.154. The molecule has 198 valence electrons. The summed E-state index contributed by atoms with van der Waals surface area (Å²) >= 11 is 0. The summed E-state index contributed by atoms with van der Waals surface area (Å²) in [5, 5.41) is 4.24. The number of carbonyl (C=O) groups excluding carboxylic acids is 1. The Bertz CT molecular complexity index is 1540. The van der Waals surface area contributed by atoms with E-state index in [2.05, 4.69) is 20.1 Å². The Morgan fingerprint density at radius 3 is 2.51 bits per heavy atom. The Hall–Kier alpha value is -4.47. The molecule has 4 heterocycles. The lowest BCUT2D eigenvalue weighted by Crippen LogP contribution is -2.10. The van der Waals surface area contributed by atoms with Crippen molar-refractivity contribution in [2.45, 2.75) is 38.5 Å². The van der Waals surface area contributed by atoms with Crippen molar-refractivity contribution in [3.05, 3.63) is 113 Å². The van der Waals surface area contributed by atoms with Crippen LogP contribution < -0.4 is 0 Å². The molecule has 1 aliphatic rings. The molecule has 4 aromatic rings. The molecule has 0 saturated heterocycles. The molecule has 0 spiro atoms. The first-order chi connectivity index (χ1) is 18.7. The van der Waals surface area contributed by atoms with Gasteiger partial charge in [0.1, 0.15) is 5.82 Å². The number of hydrogen-bond donors (Lipinski definition) is 0. The zero-order valence-corrected chi connectivity index (χ0v) is 20.7. The molecular weight excluding hydrogens is 512 g/mol. The van der Waals surface area contributed by atoms with Crippen LogP contribution in [-0.4, -0.2) is 26.4 Å². The van der Waals surface area contributed by atoms with Gasteiger partial charge in [-0.1, -0.05) is 17.3 Å². The highest BCUT2D eigenvalue weighted by Gasteiger charge is 2.32. The van der Waals surface area contributed by atoms with E-state index < -0.39 is 17.6 Å². The van der Waals surface area contributed by atoms with E-state index in [9.17, 15) is 22.4 Å². The summed E-state index contributed by atoms with van der Waals surface area (Å²) in [6, 6.07) is 14.9. The van der Waals surface area contributed by atoms with Gasteiger partial charge in [-0.05, 0) is 61.4 Å². The van der Waals surface area contributed by atoms with Gasteiger partial charge in [0.15, 0.2) is 11.9 Å². The van der Waals surface area contributed by atoms with Crippen LogP contribution in [0.1, 0.15) is 57.4 Å². The summed E-state index contributed by atoms with van der Waals surface area (Å²) in [6.07, 6.45) is -0.977. The van der Waals surface area contributed by atoms with E-state index in [0.29, 0.717) is 46.8 Å². The normalized spacial score (nSPS) is 15.1. The molecular formula is C29H22F4N4O2. The number of Topliss-reactive ketones (excluding diaryl/α,β-unsaturated/α-hetero) is 1. The van der Waals surface area contributed by atoms with Crippen LogP contribution in [0.25, 0.3) is 11.3 Å². The van der Waals surface area contributed by atoms with Crippen LogP contribution in [0.3, 0.4) is 0 Å². The maximum Gasteiger partial charge on any atom is 0.417 e. The van der Waals surface area contributed by atoms with E-state index in [-0.39, 0.29) is 30.4 Å². The molecule has 3 aromatic heterocycles. The third kappa shape index (κ3) is 6.00. The molecule has 0 aliphatic carbocycles. The zero-order valence-electron chi connectivity index (χ0n) is 20.7. The first-order valence-corrected chi connectivity index (χ1v) is 12.1. The van der Waals surface area contributed by atoms with Crippen molar-refractivity contribution in [3.8, 4) is 11.3 Å². The van der Waals surface area contributed by atoms with Gasteiger partial charge < -0.3 is 4.84 Å². The maximum atomic E-state index is 14.3. The van der Waals surface area contributed by atoms with Crippen LogP contribution in [0.2, 0.25) is 0 Å². The lowest BCUT2D eigenvalue weighted by molar-refractivity contribution is -0.138. The van der Waals surface area contributed by atoms with Crippen LogP contribution in [0.4, 0.5) is 17.6 Å². The highest BCUT2D eigenvalue weighted by molar-refractivity contribution is 6.05. The molecule has 0 fully saturated rings. The predicted octanol–water partition coefficient (Wildman–Crippen LogP) is 6.69. The van der Waals surface area contributed by atoms with E-state index in [1.54, 1.807) is 24.5 Å². The molecule has 0 amide bonds. The molecule has 1 aliphatic heterocycles. The van der Waals surface area contributed by atoms with Crippen molar-refractivity contribution >= 4 is 11.5 Å². The minimum Gasteiger partial charge on any atom is -0.385 e. The summed E-state index contributed by atoms with van der Waals surface area (Å²) < 4.78 is 52.8. The molecule has 0 radical (unpaired) electrons. The largest absolute Gasteiger partial charge is 0.417 e. The van der Waals surface area contributed by atoms with Gasteiger partial charge in [0.05, 0.1) is 28.4 Å². The Labute approximate surface area is 221 Å². The topological polar surface area (TPSA) is 77.3 Å². The first kappa shape index (κ1) is 26.1. The lowest BCUT2D eigenvalue weighted by atomic mass is 9.94.